The van der Waals surface area contributed by atoms with E-state index in [-0.39, 0.29) is 12.5 Å². The fourth-order valence-corrected chi connectivity index (χ4v) is 2.42. The number of aromatic nitrogens is 2. The second-order valence-corrected chi connectivity index (χ2v) is 5.21. The number of nitrogens with one attached hydrogen (secondary N) is 1. The van der Waals surface area contributed by atoms with Gasteiger partial charge in [-0.05, 0) is 13.0 Å². The number of aryl methyl sites for hydroxylation is 1. The third kappa shape index (κ3) is 3.26. The quantitative estimate of drug-likeness (QED) is 0.830. The Bertz CT molecular complexity index is 676. The standard InChI is InChI=1S/C14H15N3O2S/c1-10-13(8-16-17(10)2)14(19)15-7-12-6-11(9-20-12)4-3-5-18/h6,8-9,18H,5,7H2,1-2H3,(H,15,19). The van der Waals surface area contributed by atoms with Crippen molar-refractivity contribution in [3.8, 4) is 11.8 Å². The van der Waals surface area contributed by atoms with E-state index in [1.54, 1.807) is 17.9 Å². The first-order valence-electron chi connectivity index (χ1n) is 6.05. The average Bonchev–Trinajstić information content (AvgIpc) is 3.02. The molecule has 0 aliphatic heterocycles. The van der Waals surface area contributed by atoms with Gasteiger partial charge in [0.05, 0.1) is 18.3 Å². The molecule has 0 aromatic carbocycles. The van der Waals surface area contributed by atoms with Gasteiger partial charge in [-0.15, -0.1) is 11.3 Å². The van der Waals surface area contributed by atoms with Crippen molar-refractivity contribution in [2.45, 2.75) is 13.5 Å². The summed E-state index contributed by atoms with van der Waals surface area (Å²) in [5, 5.41) is 17.4. The van der Waals surface area contributed by atoms with Gasteiger partial charge in [0.2, 0.25) is 0 Å². The highest BCUT2D eigenvalue weighted by molar-refractivity contribution is 7.10. The van der Waals surface area contributed by atoms with Gasteiger partial charge in [0.1, 0.15) is 6.61 Å². The third-order valence-corrected chi connectivity index (χ3v) is 3.81. The molecule has 0 aliphatic rings. The molecular formula is C14H15N3O2S. The van der Waals surface area contributed by atoms with Crippen LogP contribution in [0.1, 0.15) is 26.5 Å². The normalized spacial score (nSPS) is 9.95. The fourth-order valence-electron chi connectivity index (χ4n) is 1.66. The predicted octanol–water partition coefficient (Wildman–Crippen LogP) is 1.06. The van der Waals surface area contributed by atoms with Crippen molar-refractivity contribution >= 4 is 17.2 Å². The van der Waals surface area contributed by atoms with Crippen molar-refractivity contribution in [1.29, 1.82) is 0 Å². The fraction of sp³-hybridized carbons (Fsp3) is 0.286. The Balaban J connectivity index is 1.97. The number of rotatable bonds is 3. The molecule has 0 aliphatic carbocycles. The molecule has 0 spiro atoms. The summed E-state index contributed by atoms with van der Waals surface area (Å²) in [6.07, 6.45) is 1.57. The summed E-state index contributed by atoms with van der Waals surface area (Å²) in [5.74, 6) is 5.29. The average molecular weight is 289 g/mol. The zero-order chi connectivity index (χ0) is 14.5. The lowest BCUT2D eigenvalue weighted by Gasteiger charge is -2.02. The van der Waals surface area contributed by atoms with Gasteiger partial charge >= 0.3 is 0 Å². The summed E-state index contributed by atoms with van der Waals surface area (Å²) < 4.78 is 1.67. The van der Waals surface area contributed by atoms with Gasteiger partial charge in [-0.1, -0.05) is 11.8 Å². The summed E-state index contributed by atoms with van der Waals surface area (Å²) in [6.45, 7) is 2.16. The maximum Gasteiger partial charge on any atom is 0.255 e. The molecule has 104 valence electrons. The predicted molar refractivity (Wildman–Crippen MR) is 77.4 cm³/mol. The summed E-state index contributed by atoms with van der Waals surface area (Å²) in [7, 11) is 1.80. The van der Waals surface area contributed by atoms with Crippen molar-refractivity contribution < 1.29 is 9.90 Å². The molecule has 2 N–H and O–H groups in total. The highest BCUT2D eigenvalue weighted by Gasteiger charge is 2.12. The molecule has 0 unspecified atom stereocenters. The minimum atomic E-state index is -0.151. The molecule has 0 bridgehead atoms. The van der Waals surface area contributed by atoms with E-state index in [1.165, 1.54) is 11.3 Å². The Kier molecular flexibility index (Phi) is 4.56. The van der Waals surface area contributed by atoms with Crippen LogP contribution in [0.3, 0.4) is 0 Å². The van der Waals surface area contributed by atoms with Crippen LogP contribution in [-0.2, 0) is 13.6 Å². The largest absolute Gasteiger partial charge is 0.384 e. The Morgan fingerprint density at radius 3 is 3.05 bits per heavy atom. The van der Waals surface area contributed by atoms with Gasteiger partial charge in [0.15, 0.2) is 0 Å². The first kappa shape index (κ1) is 14.3. The van der Waals surface area contributed by atoms with Gasteiger partial charge in [0, 0.05) is 28.6 Å². The van der Waals surface area contributed by atoms with Crippen molar-refractivity contribution in [3.05, 3.63) is 39.3 Å². The molecule has 1 amide bonds. The first-order valence-corrected chi connectivity index (χ1v) is 6.93. The molecule has 6 heteroatoms. The summed E-state index contributed by atoms with van der Waals surface area (Å²) in [5.41, 5.74) is 2.28. The zero-order valence-electron chi connectivity index (χ0n) is 11.3. The van der Waals surface area contributed by atoms with E-state index in [1.807, 2.05) is 18.4 Å². The van der Waals surface area contributed by atoms with Gasteiger partial charge in [0.25, 0.3) is 5.91 Å². The SMILES string of the molecule is Cc1c(C(=O)NCc2cc(C#CCO)cs2)cnn1C. The number of hydrogen-bond acceptors (Lipinski definition) is 4. The second-order valence-electron chi connectivity index (χ2n) is 4.21. The van der Waals surface area contributed by atoms with Crippen LogP contribution in [0.2, 0.25) is 0 Å². The van der Waals surface area contributed by atoms with E-state index >= 15 is 0 Å². The molecule has 20 heavy (non-hydrogen) atoms. The van der Waals surface area contributed by atoms with E-state index in [2.05, 4.69) is 22.3 Å². The summed E-state index contributed by atoms with van der Waals surface area (Å²) >= 11 is 1.53. The zero-order valence-corrected chi connectivity index (χ0v) is 12.1. The van der Waals surface area contributed by atoms with Gasteiger partial charge in [-0.3, -0.25) is 9.48 Å². The van der Waals surface area contributed by atoms with Gasteiger partial charge in [-0.2, -0.15) is 5.10 Å². The van der Waals surface area contributed by atoms with Crippen molar-refractivity contribution in [1.82, 2.24) is 15.1 Å². The van der Waals surface area contributed by atoms with Crippen LogP contribution in [0, 0.1) is 18.8 Å². The molecule has 0 saturated heterocycles. The Morgan fingerprint density at radius 2 is 2.40 bits per heavy atom. The molecule has 0 saturated carbocycles. The maximum atomic E-state index is 12.0. The number of carbonyl (C=O) groups excluding carboxylic acids is 1. The smallest absolute Gasteiger partial charge is 0.255 e. The molecule has 2 heterocycles. The highest BCUT2D eigenvalue weighted by Crippen LogP contribution is 2.14. The maximum absolute atomic E-state index is 12.0. The van der Waals surface area contributed by atoms with Crippen molar-refractivity contribution in [2.75, 3.05) is 6.61 Å². The topological polar surface area (TPSA) is 67.2 Å². The molecule has 2 aromatic rings. The number of nitrogens with zero attached hydrogens (tertiary/aromatic N) is 2. The van der Waals surface area contributed by atoms with E-state index in [4.69, 9.17) is 5.11 Å². The molecule has 2 rings (SSSR count). The Morgan fingerprint density at radius 1 is 1.60 bits per heavy atom. The Hall–Kier alpha value is -2.10. The number of thiophene rings is 1. The van der Waals surface area contributed by atoms with E-state index in [0.717, 1.165) is 16.1 Å². The molecule has 0 radical (unpaired) electrons. The monoisotopic (exact) mass is 289 g/mol. The lowest BCUT2D eigenvalue weighted by atomic mass is 10.2. The number of hydrogen-bond donors (Lipinski definition) is 2. The van der Waals surface area contributed by atoms with Crippen LogP contribution in [0.25, 0.3) is 0 Å². The third-order valence-electron chi connectivity index (χ3n) is 2.87. The molecule has 5 nitrogen and oxygen atoms in total. The van der Waals surface area contributed by atoms with Crippen LogP contribution in [0.4, 0.5) is 0 Å². The minimum Gasteiger partial charge on any atom is -0.384 e. The molecule has 0 atom stereocenters. The summed E-state index contributed by atoms with van der Waals surface area (Å²) in [6, 6.07) is 1.91. The van der Waals surface area contributed by atoms with E-state index in [9.17, 15) is 4.79 Å². The number of aliphatic hydroxyl groups is 1. The van der Waals surface area contributed by atoms with E-state index in [0.29, 0.717) is 12.1 Å². The number of carbonyl (C=O) groups is 1. The molecule has 0 fully saturated rings. The van der Waals surface area contributed by atoms with Gasteiger partial charge in [-0.25, -0.2) is 0 Å². The van der Waals surface area contributed by atoms with Crippen LogP contribution < -0.4 is 5.32 Å². The molecule has 2 aromatic heterocycles. The first-order chi connectivity index (χ1) is 9.61. The van der Waals surface area contributed by atoms with Crippen molar-refractivity contribution in [3.63, 3.8) is 0 Å². The number of aliphatic hydroxyl groups excluding tert-OH is 1. The Labute approximate surface area is 121 Å². The summed E-state index contributed by atoms with van der Waals surface area (Å²) in [4.78, 5) is 13.0. The van der Waals surface area contributed by atoms with Crippen LogP contribution in [-0.4, -0.2) is 27.4 Å². The lowest BCUT2D eigenvalue weighted by molar-refractivity contribution is 0.0950. The molecular weight excluding hydrogens is 274 g/mol. The highest BCUT2D eigenvalue weighted by atomic mass is 32.1. The van der Waals surface area contributed by atoms with Crippen molar-refractivity contribution in [2.24, 2.45) is 7.05 Å². The lowest BCUT2D eigenvalue weighted by Crippen LogP contribution is -2.22. The number of amides is 1. The van der Waals surface area contributed by atoms with Crippen LogP contribution >= 0.6 is 11.3 Å². The van der Waals surface area contributed by atoms with Crippen LogP contribution in [0.15, 0.2) is 17.6 Å². The minimum absolute atomic E-state index is 0.132. The van der Waals surface area contributed by atoms with E-state index < -0.39 is 0 Å². The van der Waals surface area contributed by atoms with Gasteiger partial charge < -0.3 is 10.4 Å². The van der Waals surface area contributed by atoms with Crippen LogP contribution in [0.5, 0.6) is 0 Å². The second kappa shape index (κ2) is 6.37.